The SMILES string of the molecule is CCC1CNC[C@@H](Cc2cnc[nH]2)N1C. The maximum Gasteiger partial charge on any atom is 0.0921 e. The number of aromatic amines is 1. The highest BCUT2D eigenvalue weighted by molar-refractivity contribution is 5.00. The number of nitrogens with zero attached hydrogens (tertiary/aromatic N) is 2. The van der Waals surface area contributed by atoms with Crippen LogP contribution in [0, 0.1) is 0 Å². The predicted molar refractivity (Wildman–Crippen MR) is 60.8 cm³/mol. The highest BCUT2D eigenvalue weighted by Crippen LogP contribution is 2.13. The van der Waals surface area contributed by atoms with Crippen LogP contribution in [0.15, 0.2) is 12.5 Å². The minimum absolute atomic E-state index is 0.587. The van der Waals surface area contributed by atoms with E-state index in [1.807, 2.05) is 6.20 Å². The number of aromatic nitrogens is 2. The number of imidazole rings is 1. The molecule has 0 radical (unpaired) electrons. The topological polar surface area (TPSA) is 44.0 Å². The molecule has 0 aliphatic carbocycles. The summed E-state index contributed by atoms with van der Waals surface area (Å²) in [6, 6.07) is 1.26. The van der Waals surface area contributed by atoms with Crippen molar-refractivity contribution in [3.63, 3.8) is 0 Å². The van der Waals surface area contributed by atoms with Crippen LogP contribution < -0.4 is 5.32 Å². The van der Waals surface area contributed by atoms with Crippen molar-refractivity contribution in [3.8, 4) is 0 Å². The fraction of sp³-hybridized carbons (Fsp3) is 0.727. The molecule has 1 aliphatic heterocycles. The lowest BCUT2D eigenvalue weighted by Gasteiger charge is -2.39. The molecule has 2 heterocycles. The molecule has 1 fully saturated rings. The molecular formula is C11H20N4. The molecule has 4 heteroatoms. The van der Waals surface area contributed by atoms with Gasteiger partial charge in [0.1, 0.15) is 0 Å². The van der Waals surface area contributed by atoms with E-state index in [4.69, 9.17) is 0 Å². The summed E-state index contributed by atoms with van der Waals surface area (Å²) in [5.41, 5.74) is 1.23. The predicted octanol–water partition coefficient (Wildman–Crippen LogP) is 0.634. The largest absolute Gasteiger partial charge is 0.348 e. The van der Waals surface area contributed by atoms with Gasteiger partial charge >= 0.3 is 0 Å². The van der Waals surface area contributed by atoms with E-state index < -0.39 is 0 Å². The van der Waals surface area contributed by atoms with E-state index in [1.165, 1.54) is 12.1 Å². The molecule has 1 unspecified atom stereocenters. The Kier molecular flexibility index (Phi) is 3.38. The van der Waals surface area contributed by atoms with Crippen molar-refractivity contribution in [2.45, 2.75) is 31.8 Å². The fourth-order valence-corrected chi connectivity index (χ4v) is 2.30. The monoisotopic (exact) mass is 208 g/mol. The molecule has 1 aromatic rings. The molecule has 15 heavy (non-hydrogen) atoms. The zero-order valence-electron chi connectivity index (χ0n) is 9.53. The molecular weight excluding hydrogens is 188 g/mol. The van der Waals surface area contributed by atoms with Crippen molar-refractivity contribution in [3.05, 3.63) is 18.2 Å². The molecule has 1 saturated heterocycles. The molecule has 2 N–H and O–H groups in total. The lowest BCUT2D eigenvalue weighted by molar-refractivity contribution is 0.125. The third-order valence-electron chi connectivity index (χ3n) is 3.39. The highest BCUT2D eigenvalue weighted by atomic mass is 15.2. The minimum Gasteiger partial charge on any atom is -0.348 e. The van der Waals surface area contributed by atoms with Crippen LogP contribution in [-0.2, 0) is 6.42 Å². The second kappa shape index (κ2) is 4.77. The van der Waals surface area contributed by atoms with Crippen LogP contribution in [0.5, 0.6) is 0 Å². The zero-order valence-corrected chi connectivity index (χ0v) is 9.53. The fourth-order valence-electron chi connectivity index (χ4n) is 2.30. The van der Waals surface area contributed by atoms with Crippen LogP contribution in [0.3, 0.4) is 0 Å². The van der Waals surface area contributed by atoms with Crippen LogP contribution in [0.25, 0.3) is 0 Å². The molecule has 0 spiro atoms. The van der Waals surface area contributed by atoms with Gasteiger partial charge in [-0.3, -0.25) is 4.90 Å². The summed E-state index contributed by atoms with van der Waals surface area (Å²) >= 11 is 0. The Morgan fingerprint density at radius 2 is 2.27 bits per heavy atom. The summed E-state index contributed by atoms with van der Waals surface area (Å²) in [4.78, 5) is 9.73. The van der Waals surface area contributed by atoms with Crippen LogP contribution in [0.2, 0.25) is 0 Å². The van der Waals surface area contributed by atoms with Crippen molar-refractivity contribution in [2.75, 3.05) is 20.1 Å². The Morgan fingerprint density at radius 1 is 1.47 bits per heavy atom. The Balaban J connectivity index is 1.96. The lowest BCUT2D eigenvalue weighted by atomic mass is 10.0. The van der Waals surface area contributed by atoms with Gasteiger partial charge in [0, 0.05) is 43.5 Å². The van der Waals surface area contributed by atoms with Crippen molar-refractivity contribution in [1.29, 1.82) is 0 Å². The van der Waals surface area contributed by atoms with Gasteiger partial charge < -0.3 is 10.3 Å². The summed E-state index contributed by atoms with van der Waals surface area (Å²) in [7, 11) is 2.23. The lowest BCUT2D eigenvalue weighted by Crippen LogP contribution is -2.56. The number of nitrogens with one attached hydrogen (secondary N) is 2. The summed E-state index contributed by atoms with van der Waals surface area (Å²) < 4.78 is 0. The van der Waals surface area contributed by atoms with Crippen LogP contribution in [0.4, 0.5) is 0 Å². The first-order valence-electron chi connectivity index (χ1n) is 5.71. The molecule has 0 aromatic carbocycles. The molecule has 0 amide bonds. The van der Waals surface area contributed by atoms with E-state index in [-0.39, 0.29) is 0 Å². The van der Waals surface area contributed by atoms with Gasteiger partial charge in [-0.2, -0.15) is 0 Å². The molecule has 4 nitrogen and oxygen atoms in total. The van der Waals surface area contributed by atoms with Crippen molar-refractivity contribution in [1.82, 2.24) is 20.2 Å². The average molecular weight is 208 g/mol. The molecule has 2 atom stereocenters. The molecule has 0 bridgehead atoms. The Labute approximate surface area is 91.1 Å². The number of H-pyrrole nitrogens is 1. The molecule has 1 aliphatic rings. The van der Waals surface area contributed by atoms with Gasteiger partial charge in [0.15, 0.2) is 0 Å². The van der Waals surface area contributed by atoms with E-state index in [9.17, 15) is 0 Å². The number of piperazine rings is 1. The third-order valence-corrected chi connectivity index (χ3v) is 3.39. The second-order valence-corrected chi connectivity index (χ2v) is 4.32. The quantitative estimate of drug-likeness (QED) is 0.766. The molecule has 84 valence electrons. The minimum atomic E-state index is 0.587. The maximum atomic E-state index is 4.06. The highest BCUT2D eigenvalue weighted by Gasteiger charge is 2.26. The van der Waals surface area contributed by atoms with Gasteiger partial charge in [0.2, 0.25) is 0 Å². The van der Waals surface area contributed by atoms with Gasteiger partial charge in [-0.1, -0.05) is 6.92 Å². The zero-order chi connectivity index (χ0) is 10.7. The normalized spacial score (nSPS) is 28.1. The Morgan fingerprint density at radius 3 is 2.93 bits per heavy atom. The van der Waals surface area contributed by atoms with Crippen LogP contribution in [0.1, 0.15) is 19.0 Å². The van der Waals surface area contributed by atoms with Gasteiger partial charge in [0.25, 0.3) is 0 Å². The van der Waals surface area contributed by atoms with Crippen molar-refractivity contribution >= 4 is 0 Å². The molecule has 1 aromatic heterocycles. The first-order valence-corrected chi connectivity index (χ1v) is 5.71. The van der Waals surface area contributed by atoms with E-state index in [0.29, 0.717) is 12.1 Å². The van der Waals surface area contributed by atoms with Gasteiger partial charge in [-0.05, 0) is 13.5 Å². The molecule has 0 saturated carbocycles. The second-order valence-electron chi connectivity index (χ2n) is 4.32. The number of hydrogen-bond donors (Lipinski definition) is 2. The first kappa shape index (κ1) is 10.6. The van der Waals surface area contributed by atoms with Gasteiger partial charge in [-0.15, -0.1) is 0 Å². The van der Waals surface area contributed by atoms with Crippen molar-refractivity contribution < 1.29 is 0 Å². The summed E-state index contributed by atoms with van der Waals surface area (Å²) in [5.74, 6) is 0. The van der Waals surface area contributed by atoms with Gasteiger partial charge in [-0.25, -0.2) is 4.98 Å². The summed E-state index contributed by atoms with van der Waals surface area (Å²) in [5, 5.41) is 3.50. The van der Waals surface area contributed by atoms with E-state index in [1.54, 1.807) is 6.33 Å². The third kappa shape index (κ3) is 2.38. The Hall–Kier alpha value is -0.870. The van der Waals surface area contributed by atoms with Crippen molar-refractivity contribution in [2.24, 2.45) is 0 Å². The number of hydrogen-bond acceptors (Lipinski definition) is 3. The van der Waals surface area contributed by atoms with Gasteiger partial charge in [0.05, 0.1) is 6.33 Å². The summed E-state index contributed by atoms with van der Waals surface area (Å²) in [6.45, 7) is 4.44. The Bertz CT molecular complexity index is 283. The number of rotatable bonds is 3. The average Bonchev–Trinajstić information content (AvgIpc) is 2.74. The first-order chi connectivity index (χ1) is 7.31. The van der Waals surface area contributed by atoms with E-state index in [0.717, 1.165) is 19.5 Å². The van der Waals surface area contributed by atoms with E-state index in [2.05, 4.69) is 34.2 Å². The molecule has 2 rings (SSSR count). The number of likely N-dealkylation sites (N-methyl/N-ethyl adjacent to an activating group) is 1. The maximum absolute atomic E-state index is 4.06. The smallest absolute Gasteiger partial charge is 0.0921 e. The standard InChI is InChI=1S/C11H20N4/c1-3-10-6-12-7-11(15(10)2)4-9-5-13-8-14-9/h5,8,10-12H,3-4,6-7H2,1-2H3,(H,13,14)/t10?,11-/m1/s1. The summed E-state index contributed by atoms with van der Waals surface area (Å²) in [6.07, 6.45) is 5.94. The van der Waals surface area contributed by atoms with Crippen LogP contribution in [-0.4, -0.2) is 47.1 Å². The van der Waals surface area contributed by atoms with E-state index >= 15 is 0 Å². The van der Waals surface area contributed by atoms with Crippen LogP contribution >= 0.6 is 0 Å².